The summed E-state index contributed by atoms with van der Waals surface area (Å²) in [5, 5.41) is 10.1. The molecule has 10 heavy (non-hydrogen) atoms. The van der Waals surface area contributed by atoms with Gasteiger partial charge in [0, 0.05) is 12.3 Å². The predicted octanol–water partition coefficient (Wildman–Crippen LogP) is 1.10. The van der Waals surface area contributed by atoms with Crippen LogP contribution in [0.25, 0.3) is 0 Å². The van der Waals surface area contributed by atoms with Gasteiger partial charge in [0.25, 0.3) is 5.69 Å². The van der Waals surface area contributed by atoms with Gasteiger partial charge in [0.2, 0.25) is 0 Å². The molecule has 0 saturated carbocycles. The Bertz CT molecular complexity index is 260. The molecule has 0 aliphatic carbocycles. The van der Waals surface area contributed by atoms with Crippen molar-refractivity contribution >= 4 is 5.69 Å². The third-order valence-corrected chi connectivity index (χ3v) is 1.01. The first-order valence-electron chi connectivity index (χ1n) is 2.69. The smallest absolute Gasteiger partial charge is 0.260 e. The first-order valence-corrected chi connectivity index (χ1v) is 2.69. The minimum absolute atomic E-state index is 0.0347. The van der Waals surface area contributed by atoms with Gasteiger partial charge < -0.3 is 0 Å². The summed E-state index contributed by atoms with van der Waals surface area (Å²) in [6.45, 7) is 1.66. The normalized spacial score (nSPS) is 9.30. The van der Waals surface area contributed by atoms with E-state index in [1.54, 1.807) is 6.92 Å². The summed E-state index contributed by atoms with van der Waals surface area (Å²) in [5.41, 5.74) is 0.502. The summed E-state index contributed by atoms with van der Waals surface area (Å²) in [6, 6.07) is 3.81. The van der Waals surface area contributed by atoms with Gasteiger partial charge in [-0.2, -0.15) is 0 Å². The van der Waals surface area contributed by atoms with Crippen LogP contribution < -0.4 is 0 Å². The highest BCUT2D eigenvalue weighted by Gasteiger charge is 2.03. The Labute approximate surface area is 57.7 Å². The molecular formula is C6H5N2O2. The maximum Gasteiger partial charge on any atom is 0.280 e. The van der Waals surface area contributed by atoms with Crippen molar-refractivity contribution in [2.75, 3.05) is 0 Å². The lowest BCUT2D eigenvalue weighted by Crippen LogP contribution is -1.89. The molecule has 4 nitrogen and oxygen atoms in total. The van der Waals surface area contributed by atoms with Crippen molar-refractivity contribution < 1.29 is 4.92 Å². The SMILES string of the molecule is Cc1[c]c([N+](=O)[O-])ccn1. The molecular weight excluding hydrogens is 132 g/mol. The second-order valence-electron chi connectivity index (χ2n) is 1.80. The molecule has 0 atom stereocenters. The molecule has 1 radical (unpaired) electrons. The monoisotopic (exact) mass is 137 g/mol. The molecule has 0 N–H and O–H groups in total. The number of rotatable bonds is 1. The zero-order valence-corrected chi connectivity index (χ0v) is 5.37. The first-order chi connectivity index (χ1) is 4.70. The van der Waals surface area contributed by atoms with Crippen LogP contribution >= 0.6 is 0 Å². The van der Waals surface area contributed by atoms with Crippen LogP contribution in [0.2, 0.25) is 0 Å². The molecule has 1 rings (SSSR count). The molecule has 1 aromatic heterocycles. The minimum Gasteiger partial charge on any atom is -0.260 e. The number of hydrogen-bond donors (Lipinski definition) is 0. The Kier molecular flexibility index (Phi) is 1.62. The first kappa shape index (κ1) is 6.67. The molecule has 0 amide bonds. The molecule has 51 valence electrons. The second-order valence-corrected chi connectivity index (χ2v) is 1.80. The molecule has 0 saturated heterocycles. The number of pyridine rings is 1. The average Bonchev–Trinajstić information content (AvgIpc) is 1.88. The van der Waals surface area contributed by atoms with Crippen molar-refractivity contribution in [2.45, 2.75) is 6.92 Å². The molecule has 0 aliphatic heterocycles. The van der Waals surface area contributed by atoms with Crippen LogP contribution in [0.15, 0.2) is 12.3 Å². The van der Waals surface area contributed by atoms with Gasteiger partial charge >= 0.3 is 0 Å². The largest absolute Gasteiger partial charge is 0.280 e. The van der Waals surface area contributed by atoms with Gasteiger partial charge in [0.15, 0.2) is 0 Å². The maximum absolute atomic E-state index is 10.1. The number of nitrogens with zero attached hydrogens (tertiary/aromatic N) is 2. The highest BCUT2D eigenvalue weighted by atomic mass is 16.6. The Hall–Kier alpha value is -1.45. The molecule has 1 heterocycles. The van der Waals surface area contributed by atoms with Crippen molar-refractivity contribution in [2.24, 2.45) is 0 Å². The van der Waals surface area contributed by atoms with E-state index in [1.165, 1.54) is 12.3 Å². The van der Waals surface area contributed by atoms with Crippen LogP contribution in [0.1, 0.15) is 5.69 Å². The fraction of sp³-hybridized carbons (Fsp3) is 0.167. The van der Waals surface area contributed by atoms with E-state index in [0.717, 1.165) is 0 Å². The van der Waals surface area contributed by atoms with Crippen molar-refractivity contribution in [3.05, 3.63) is 34.1 Å². The lowest BCUT2D eigenvalue weighted by Gasteiger charge is -1.89. The van der Waals surface area contributed by atoms with Gasteiger partial charge in [0.05, 0.1) is 16.7 Å². The molecule has 0 aromatic carbocycles. The van der Waals surface area contributed by atoms with E-state index >= 15 is 0 Å². The van der Waals surface area contributed by atoms with E-state index in [-0.39, 0.29) is 5.69 Å². The number of aromatic nitrogens is 1. The zero-order chi connectivity index (χ0) is 7.56. The van der Waals surface area contributed by atoms with Crippen molar-refractivity contribution in [3.8, 4) is 0 Å². The van der Waals surface area contributed by atoms with E-state index in [1.807, 2.05) is 0 Å². The molecule has 0 spiro atoms. The van der Waals surface area contributed by atoms with E-state index in [0.29, 0.717) is 5.69 Å². The lowest BCUT2D eigenvalue weighted by molar-refractivity contribution is -0.385. The summed E-state index contributed by atoms with van der Waals surface area (Å²) >= 11 is 0. The van der Waals surface area contributed by atoms with Gasteiger partial charge in [0.1, 0.15) is 0 Å². The maximum atomic E-state index is 10.1. The van der Waals surface area contributed by atoms with Crippen LogP contribution in [0, 0.1) is 23.1 Å². The number of aryl methyl sites for hydroxylation is 1. The highest BCUT2D eigenvalue weighted by Crippen LogP contribution is 2.07. The minimum atomic E-state index is -0.491. The lowest BCUT2D eigenvalue weighted by atomic mass is 10.3. The summed E-state index contributed by atoms with van der Waals surface area (Å²) in [5.74, 6) is 0. The van der Waals surface area contributed by atoms with Gasteiger partial charge in [-0.1, -0.05) is 0 Å². The van der Waals surface area contributed by atoms with Crippen molar-refractivity contribution in [3.63, 3.8) is 0 Å². The van der Waals surface area contributed by atoms with Crippen molar-refractivity contribution in [1.82, 2.24) is 4.98 Å². The third kappa shape index (κ3) is 1.28. The topological polar surface area (TPSA) is 56.0 Å². The summed E-state index contributed by atoms with van der Waals surface area (Å²) in [6.07, 6.45) is 1.39. The number of hydrogen-bond acceptors (Lipinski definition) is 3. The zero-order valence-electron chi connectivity index (χ0n) is 5.37. The van der Waals surface area contributed by atoms with Gasteiger partial charge in [-0.15, -0.1) is 0 Å². The molecule has 0 aliphatic rings. The second kappa shape index (κ2) is 2.43. The van der Waals surface area contributed by atoms with E-state index in [4.69, 9.17) is 0 Å². The van der Waals surface area contributed by atoms with Crippen LogP contribution in [-0.2, 0) is 0 Å². The Balaban J connectivity index is 3.07. The summed E-state index contributed by atoms with van der Waals surface area (Å²) in [7, 11) is 0. The fourth-order valence-electron chi connectivity index (χ4n) is 0.585. The quantitative estimate of drug-likeness (QED) is 0.430. The predicted molar refractivity (Wildman–Crippen MR) is 34.5 cm³/mol. The summed E-state index contributed by atoms with van der Waals surface area (Å²) < 4.78 is 0. The average molecular weight is 137 g/mol. The van der Waals surface area contributed by atoms with Crippen LogP contribution in [0.4, 0.5) is 5.69 Å². The van der Waals surface area contributed by atoms with E-state index < -0.39 is 4.92 Å². The molecule has 0 fully saturated rings. The van der Waals surface area contributed by atoms with Crippen LogP contribution in [0.5, 0.6) is 0 Å². The van der Waals surface area contributed by atoms with Gasteiger partial charge in [-0.3, -0.25) is 15.1 Å². The highest BCUT2D eigenvalue weighted by molar-refractivity contribution is 5.26. The van der Waals surface area contributed by atoms with Crippen molar-refractivity contribution in [1.29, 1.82) is 0 Å². The van der Waals surface area contributed by atoms with Gasteiger partial charge in [-0.25, -0.2) is 0 Å². The Morgan fingerprint density at radius 3 is 2.90 bits per heavy atom. The van der Waals surface area contributed by atoms with Crippen LogP contribution in [0.3, 0.4) is 0 Å². The van der Waals surface area contributed by atoms with E-state index in [9.17, 15) is 10.1 Å². The Morgan fingerprint density at radius 1 is 1.80 bits per heavy atom. The van der Waals surface area contributed by atoms with E-state index in [2.05, 4.69) is 11.1 Å². The number of nitro groups is 1. The Morgan fingerprint density at radius 2 is 2.50 bits per heavy atom. The fourth-order valence-corrected chi connectivity index (χ4v) is 0.585. The van der Waals surface area contributed by atoms with Gasteiger partial charge in [-0.05, 0) is 6.92 Å². The summed E-state index contributed by atoms with van der Waals surface area (Å²) in [4.78, 5) is 13.4. The standard InChI is InChI=1S/C6H5N2O2/c1-5-4-6(8(9)10)2-3-7-5/h2-3H,1H3. The molecule has 4 heteroatoms. The molecule has 0 bridgehead atoms. The molecule has 1 aromatic rings. The third-order valence-electron chi connectivity index (χ3n) is 1.01. The molecule has 0 unspecified atom stereocenters. The van der Waals surface area contributed by atoms with Crippen LogP contribution in [-0.4, -0.2) is 9.91 Å².